The molecule has 0 amide bonds. The smallest absolute Gasteiger partial charge is 0.0105 e. The van der Waals surface area contributed by atoms with E-state index >= 15 is 0 Å². The quantitative estimate of drug-likeness (QED) is 0.326. The van der Waals surface area contributed by atoms with Gasteiger partial charge in [0.1, 0.15) is 0 Å². The minimum Gasteiger partial charge on any atom is -0.0622 e. The third-order valence-electron chi connectivity index (χ3n) is 5.28. The molecule has 1 heterocycles. The highest BCUT2D eigenvalue weighted by Crippen LogP contribution is 2.42. The lowest BCUT2D eigenvalue weighted by Gasteiger charge is -2.14. The van der Waals surface area contributed by atoms with Gasteiger partial charge in [-0.25, -0.2) is 0 Å². The van der Waals surface area contributed by atoms with Gasteiger partial charge in [0, 0.05) is 10.6 Å². The molecule has 0 spiro atoms. The first-order valence-corrected chi connectivity index (χ1v) is 10.9. The molecule has 3 aromatic carbocycles. The van der Waals surface area contributed by atoms with Gasteiger partial charge in [0.05, 0.1) is 0 Å². The van der Waals surface area contributed by atoms with E-state index in [0.29, 0.717) is 0 Å². The Morgan fingerprint density at radius 3 is 1.50 bits per heavy atom. The van der Waals surface area contributed by atoms with Crippen LogP contribution in [-0.4, -0.2) is 0 Å². The van der Waals surface area contributed by atoms with Crippen LogP contribution < -0.4 is 0 Å². The van der Waals surface area contributed by atoms with E-state index in [1.54, 1.807) is 0 Å². The Labute approximate surface area is 170 Å². The van der Waals surface area contributed by atoms with Crippen molar-refractivity contribution >= 4 is 8.19 Å². The minimum atomic E-state index is 1.05. The van der Waals surface area contributed by atoms with Gasteiger partial charge in [-0.3, -0.25) is 0 Å². The van der Waals surface area contributed by atoms with Crippen LogP contribution in [0.2, 0.25) is 0 Å². The normalized spacial score (nSPS) is 10.8. The van der Waals surface area contributed by atoms with Crippen molar-refractivity contribution in [2.75, 3.05) is 0 Å². The summed E-state index contributed by atoms with van der Waals surface area (Å²) >= 11 is 0. The van der Waals surface area contributed by atoms with Crippen molar-refractivity contribution in [1.29, 1.82) is 0 Å². The van der Waals surface area contributed by atoms with E-state index in [-0.39, 0.29) is 0 Å². The molecule has 1 heteroatoms. The van der Waals surface area contributed by atoms with Gasteiger partial charge in [0.2, 0.25) is 0 Å². The van der Waals surface area contributed by atoms with Crippen LogP contribution in [0.15, 0.2) is 91.0 Å². The maximum atomic E-state index is 2.38. The molecular formula is C27H25P. The van der Waals surface area contributed by atoms with E-state index in [1.165, 1.54) is 52.2 Å². The SMILES string of the molecule is CCc1ccccc1-c1cc(-c2ccccc2)cc(-c2ccccc2CC)p1. The van der Waals surface area contributed by atoms with Crippen LogP contribution in [0.4, 0.5) is 0 Å². The predicted octanol–water partition coefficient (Wildman–Crippen LogP) is 8.39. The minimum absolute atomic E-state index is 1.05. The number of benzene rings is 3. The average molecular weight is 380 g/mol. The molecule has 0 aliphatic heterocycles. The topological polar surface area (TPSA) is 0 Å². The molecule has 0 atom stereocenters. The first-order chi connectivity index (χ1) is 13.8. The van der Waals surface area contributed by atoms with Gasteiger partial charge in [-0.05, 0) is 58.4 Å². The zero-order chi connectivity index (χ0) is 19.3. The summed E-state index contributed by atoms with van der Waals surface area (Å²) in [4.78, 5) is 0. The summed E-state index contributed by atoms with van der Waals surface area (Å²) in [6.45, 7) is 4.48. The number of rotatable bonds is 5. The second-order valence-electron chi connectivity index (χ2n) is 7.01. The lowest BCUT2D eigenvalue weighted by Crippen LogP contribution is -1.89. The molecule has 0 saturated carbocycles. The van der Waals surface area contributed by atoms with Crippen molar-refractivity contribution in [1.82, 2.24) is 0 Å². The van der Waals surface area contributed by atoms with Gasteiger partial charge in [-0.2, -0.15) is 0 Å². The largest absolute Gasteiger partial charge is 0.0622 e. The number of hydrogen-bond acceptors (Lipinski definition) is 0. The Hall–Kier alpha value is -2.69. The maximum Gasteiger partial charge on any atom is 0.0105 e. The van der Waals surface area contributed by atoms with Gasteiger partial charge in [0.25, 0.3) is 0 Å². The summed E-state index contributed by atoms with van der Waals surface area (Å²) in [6, 6.07) is 33.2. The molecule has 4 aromatic rings. The monoisotopic (exact) mass is 380 g/mol. The highest BCUT2D eigenvalue weighted by atomic mass is 31.0. The molecule has 0 nitrogen and oxygen atoms in total. The molecule has 0 unspecified atom stereocenters. The second-order valence-corrected chi connectivity index (χ2v) is 8.20. The van der Waals surface area contributed by atoms with Crippen LogP contribution in [0.1, 0.15) is 25.0 Å². The molecule has 0 radical (unpaired) electrons. The zero-order valence-electron chi connectivity index (χ0n) is 16.5. The lowest BCUT2D eigenvalue weighted by atomic mass is 9.99. The van der Waals surface area contributed by atoms with E-state index in [9.17, 15) is 0 Å². The lowest BCUT2D eigenvalue weighted by molar-refractivity contribution is 1.14. The molecule has 1 aromatic heterocycles. The van der Waals surface area contributed by atoms with Gasteiger partial charge < -0.3 is 0 Å². The molecule has 0 fully saturated rings. The highest BCUT2D eigenvalue weighted by Gasteiger charge is 2.11. The predicted molar refractivity (Wildman–Crippen MR) is 124 cm³/mol. The van der Waals surface area contributed by atoms with Crippen LogP contribution in [0.25, 0.3) is 32.8 Å². The standard InChI is InChI=1S/C27H25P/c1-3-20-12-8-10-16-24(20)26-18-23(22-14-6-5-7-15-22)19-27(28-26)25-17-11-9-13-21(25)4-2/h5-19H,3-4H2,1-2H3. The third-order valence-corrected chi connectivity index (χ3v) is 6.50. The Morgan fingerprint density at radius 1 is 0.536 bits per heavy atom. The van der Waals surface area contributed by atoms with E-state index in [0.717, 1.165) is 12.8 Å². The number of hydrogen-bond donors (Lipinski definition) is 0. The molecule has 0 bridgehead atoms. The van der Waals surface area contributed by atoms with Crippen molar-refractivity contribution in [3.05, 3.63) is 102 Å². The van der Waals surface area contributed by atoms with Crippen molar-refractivity contribution < 1.29 is 0 Å². The summed E-state index contributed by atoms with van der Waals surface area (Å²) in [5, 5.41) is 2.78. The summed E-state index contributed by atoms with van der Waals surface area (Å²) in [5.41, 5.74) is 8.15. The van der Waals surface area contributed by atoms with Crippen molar-refractivity contribution in [3.63, 3.8) is 0 Å². The van der Waals surface area contributed by atoms with Crippen LogP contribution in [0.3, 0.4) is 0 Å². The Kier molecular flexibility index (Phi) is 5.70. The molecule has 0 saturated heterocycles. The van der Waals surface area contributed by atoms with Crippen molar-refractivity contribution in [3.8, 4) is 32.8 Å². The van der Waals surface area contributed by atoms with Crippen molar-refractivity contribution in [2.24, 2.45) is 0 Å². The van der Waals surface area contributed by atoms with E-state index in [4.69, 9.17) is 0 Å². The maximum absolute atomic E-state index is 2.38. The Balaban J connectivity index is 1.97. The van der Waals surface area contributed by atoms with Gasteiger partial charge in [-0.1, -0.05) is 101 Å². The van der Waals surface area contributed by atoms with Crippen molar-refractivity contribution in [2.45, 2.75) is 26.7 Å². The van der Waals surface area contributed by atoms with Crippen LogP contribution in [0, 0.1) is 0 Å². The van der Waals surface area contributed by atoms with E-state index in [2.05, 4.69) is 105 Å². The van der Waals surface area contributed by atoms with E-state index in [1.807, 2.05) is 0 Å². The van der Waals surface area contributed by atoms with Crippen LogP contribution >= 0.6 is 8.19 Å². The summed E-state index contributed by atoms with van der Waals surface area (Å²) in [6.07, 6.45) is 2.10. The van der Waals surface area contributed by atoms with Crippen LogP contribution in [-0.2, 0) is 12.8 Å². The molecular weight excluding hydrogens is 355 g/mol. The van der Waals surface area contributed by atoms with Crippen LogP contribution in [0.5, 0.6) is 0 Å². The van der Waals surface area contributed by atoms with Gasteiger partial charge in [-0.15, -0.1) is 0 Å². The molecule has 0 N–H and O–H groups in total. The summed E-state index contributed by atoms with van der Waals surface area (Å²) in [7, 11) is 1.28. The van der Waals surface area contributed by atoms with Gasteiger partial charge in [0.15, 0.2) is 0 Å². The fraction of sp³-hybridized carbons (Fsp3) is 0.148. The van der Waals surface area contributed by atoms with E-state index < -0.39 is 0 Å². The molecule has 4 rings (SSSR count). The number of aryl methyl sites for hydroxylation is 2. The first-order valence-electron chi connectivity index (χ1n) is 10.0. The second kappa shape index (κ2) is 8.55. The molecule has 0 aliphatic rings. The first kappa shape index (κ1) is 18.7. The Bertz CT molecular complexity index is 1010. The average Bonchev–Trinajstić information content (AvgIpc) is 2.79. The summed E-state index contributed by atoms with van der Waals surface area (Å²) in [5.74, 6) is 0. The van der Waals surface area contributed by atoms with Gasteiger partial charge >= 0.3 is 0 Å². The zero-order valence-corrected chi connectivity index (χ0v) is 17.4. The fourth-order valence-electron chi connectivity index (χ4n) is 3.76. The Morgan fingerprint density at radius 2 is 1.00 bits per heavy atom. The molecule has 0 aliphatic carbocycles. The fourth-order valence-corrected chi connectivity index (χ4v) is 5.10. The summed E-state index contributed by atoms with van der Waals surface area (Å²) < 4.78 is 0. The molecule has 28 heavy (non-hydrogen) atoms. The third kappa shape index (κ3) is 3.79. The highest BCUT2D eigenvalue weighted by molar-refractivity contribution is 7.37. The molecule has 138 valence electrons.